The van der Waals surface area contributed by atoms with Crippen LogP contribution in [-0.4, -0.2) is 38.1 Å². The van der Waals surface area contributed by atoms with Crippen LogP contribution in [0.15, 0.2) is 42.5 Å². The van der Waals surface area contributed by atoms with Gasteiger partial charge in [0.05, 0.1) is 14.2 Å². The number of aryl methyl sites for hydroxylation is 1. The molecule has 8 nitrogen and oxygen atoms in total. The fraction of sp³-hybridized carbons (Fsp3) is 0.167. The molecule has 0 aromatic heterocycles. The molecule has 4 rings (SSSR count). The largest absolute Gasteiger partial charge is 0.513 e. The standard InChI is InChI=1S/C24H18O8/c1-4-12-9-10-14-16(11-12)22(32-24(28)30-3)20(26)17-13-7-5-6-8-15(13)21(19(25)18(14)17)31-23(27)29-2/h5-11H,4H2,1-3H3. The lowest BCUT2D eigenvalue weighted by molar-refractivity contribution is -0.112. The maximum atomic E-state index is 13.5. The van der Waals surface area contributed by atoms with Crippen molar-refractivity contribution in [3.8, 4) is 0 Å². The first-order chi connectivity index (χ1) is 15.4. The van der Waals surface area contributed by atoms with Gasteiger partial charge in [-0.05, 0) is 28.5 Å². The van der Waals surface area contributed by atoms with Crippen LogP contribution in [0.4, 0.5) is 9.59 Å². The molecule has 0 aliphatic heterocycles. The number of ketones is 2. The molecule has 0 atom stereocenters. The van der Waals surface area contributed by atoms with Crippen LogP contribution < -0.4 is 20.9 Å². The molecule has 0 radical (unpaired) electrons. The molecule has 32 heavy (non-hydrogen) atoms. The number of ether oxygens (including phenoxy) is 4. The van der Waals surface area contributed by atoms with Crippen molar-refractivity contribution in [2.24, 2.45) is 0 Å². The summed E-state index contributed by atoms with van der Waals surface area (Å²) in [6, 6.07) is 11.7. The molecule has 0 fully saturated rings. The molecule has 0 saturated carbocycles. The monoisotopic (exact) mass is 434 g/mol. The topological polar surface area (TPSA) is 105 Å². The minimum atomic E-state index is -1.06. The Morgan fingerprint density at radius 2 is 1.22 bits per heavy atom. The fourth-order valence-electron chi connectivity index (χ4n) is 3.78. The maximum Gasteiger partial charge on any atom is 0.513 e. The molecular formula is C24H18O8. The molecule has 2 aromatic rings. The van der Waals surface area contributed by atoms with Gasteiger partial charge in [-0.3, -0.25) is 9.59 Å². The van der Waals surface area contributed by atoms with Crippen LogP contribution in [0, 0.1) is 0 Å². The molecule has 0 heterocycles. The second-order valence-electron chi connectivity index (χ2n) is 6.96. The van der Waals surface area contributed by atoms with Gasteiger partial charge < -0.3 is 18.9 Å². The number of methoxy groups -OCH3 is 2. The SMILES string of the molecule is CCc1ccc2c(c1)=C(OC(=O)OC)C(=O)C1=c3ccccc3=C(OC(=O)OC)C(=O)C=21. The zero-order valence-corrected chi connectivity index (χ0v) is 17.5. The van der Waals surface area contributed by atoms with Gasteiger partial charge in [-0.1, -0.05) is 43.3 Å². The molecule has 2 aliphatic carbocycles. The second-order valence-corrected chi connectivity index (χ2v) is 6.96. The van der Waals surface area contributed by atoms with Crippen molar-refractivity contribution in [3.05, 3.63) is 68.9 Å². The molecule has 0 spiro atoms. The highest BCUT2D eigenvalue weighted by atomic mass is 16.7. The van der Waals surface area contributed by atoms with Crippen LogP contribution in [0.25, 0.3) is 22.7 Å². The molecule has 0 unspecified atom stereocenters. The van der Waals surface area contributed by atoms with Gasteiger partial charge in [0.1, 0.15) is 0 Å². The van der Waals surface area contributed by atoms with E-state index in [1.54, 1.807) is 36.4 Å². The molecule has 0 saturated heterocycles. The molecule has 2 aromatic carbocycles. The summed E-state index contributed by atoms with van der Waals surface area (Å²) in [4.78, 5) is 50.8. The van der Waals surface area contributed by atoms with E-state index in [0.29, 0.717) is 16.9 Å². The summed E-state index contributed by atoms with van der Waals surface area (Å²) in [5.74, 6) is -1.79. The van der Waals surface area contributed by atoms with Crippen molar-refractivity contribution in [3.63, 3.8) is 0 Å². The number of Topliss-reactive ketones (excluding diaryl/α,β-unsaturated/α-hetero) is 2. The van der Waals surface area contributed by atoms with Crippen LogP contribution >= 0.6 is 0 Å². The van der Waals surface area contributed by atoms with Crippen molar-refractivity contribution < 1.29 is 38.1 Å². The van der Waals surface area contributed by atoms with Gasteiger partial charge in [0.25, 0.3) is 0 Å². The average Bonchev–Trinajstić information content (AvgIpc) is 2.82. The number of rotatable bonds is 3. The summed E-state index contributed by atoms with van der Waals surface area (Å²) in [5.41, 5.74) is 0.978. The number of carbonyl (C=O) groups is 4. The van der Waals surface area contributed by atoms with Crippen LogP contribution in [0.5, 0.6) is 0 Å². The lowest BCUT2D eigenvalue weighted by atomic mass is 9.83. The zero-order chi connectivity index (χ0) is 23.0. The van der Waals surface area contributed by atoms with Gasteiger partial charge >= 0.3 is 12.3 Å². The van der Waals surface area contributed by atoms with Crippen molar-refractivity contribution in [2.75, 3.05) is 14.2 Å². The van der Waals surface area contributed by atoms with E-state index in [2.05, 4.69) is 9.47 Å². The van der Waals surface area contributed by atoms with Crippen molar-refractivity contribution in [1.29, 1.82) is 0 Å². The smallest absolute Gasteiger partial charge is 0.437 e. The normalized spacial score (nSPS) is 14.3. The van der Waals surface area contributed by atoms with Gasteiger partial charge in [-0.2, -0.15) is 0 Å². The first kappa shape index (κ1) is 21.0. The lowest BCUT2D eigenvalue weighted by Crippen LogP contribution is -2.48. The van der Waals surface area contributed by atoms with E-state index < -0.39 is 23.9 Å². The van der Waals surface area contributed by atoms with Crippen LogP contribution in [-0.2, 0) is 35.0 Å². The van der Waals surface area contributed by atoms with Gasteiger partial charge in [0.15, 0.2) is 11.5 Å². The Morgan fingerprint density at radius 3 is 1.75 bits per heavy atom. The molecular weight excluding hydrogens is 416 g/mol. The third-order valence-corrected chi connectivity index (χ3v) is 5.27. The minimum Gasteiger partial charge on any atom is -0.437 e. The van der Waals surface area contributed by atoms with Crippen LogP contribution in [0.3, 0.4) is 0 Å². The van der Waals surface area contributed by atoms with E-state index >= 15 is 0 Å². The predicted molar refractivity (Wildman–Crippen MR) is 111 cm³/mol. The van der Waals surface area contributed by atoms with E-state index in [1.165, 1.54) is 0 Å². The Kier molecular flexibility index (Phi) is 5.36. The molecule has 0 amide bonds. The molecule has 0 bridgehead atoms. The fourth-order valence-corrected chi connectivity index (χ4v) is 3.78. The Hall–Kier alpha value is -4.20. The van der Waals surface area contributed by atoms with E-state index in [-0.39, 0.29) is 33.1 Å². The summed E-state index contributed by atoms with van der Waals surface area (Å²) in [5, 5.41) is 1.27. The third kappa shape index (κ3) is 3.26. The summed E-state index contributed by atoms with van der Waals surface area (Å²) in [6.45, 7) is 1.93. The number of hydrogen-bond donors (Lipinski definition) is 0. The Morgan fingerprint density at radius 1 is 0.719 bits per heavy atom. The Bertz CT molecular complexity index is 1450. The van der Waals surface area contributed by atoms with E-state index in [1.807, 2.05) is 13.0 Å². The summed E-state index contributed by atoms with van der Waals surface area (Å²) < 4.78 is 19.5. The highest BCUT2D eigenvalue weighted by Crippen LogP contribution is 2.26. The van der Waals surface area contributed by atoms with Crippen molar-refractivity contribution >= 4 is 46.5 Å². The number of fused-ring (bicyclic) bond motifs is 3. The highest BCUT2D eigenvalue weighted by Gasteiger charge is 2.37. The van der Waals surface area contributed by atoms with Gasteiger partial charge in [0, 0.05) is 21.6 Å². The van der Waals surface area contributed by atoms with Crippen LogP contribution in [0.2, 0.25) is 0 Å². The van der Waals surface area contributed by atoms with Gasteiger partial charge in [0.2, 0.25) is 11.6 Å². The maximum absolute atomic E-state index is 13.5. The van der Waals surface area contributed by atoms with Crippen LogP contribution in [0.1, 0.15) is 12.5 Å². The summed E-state index contributed by atoms with van der Waals surface area (Å²) in [6.07, 6.45) is -1.46. The lowest BCUT2D eigenvalue weighted by Gasteiger charge is -2.22. The Labute approximate surface area is 181 Å². The molecule has 8 heteroatoms. The number of carbonyl (C=O) groups excluding carboxylic acids is 4. The quantitative estimate of drug-likeness (QED) is 0.631. The minimum absolute atomic E-state index is 0.0541. The summed E-state index contributed by atoms with van der Waals surface area (Å²) in [7, 11) is 2.26. The number of hydrogen-bond acceptors (Lipinski definition) is 8. The number of benzene rings is 2. The van der Waals surface area contributed by atoms with Gasteiger partial charge in [-0.15, -0.1) is 0 Å². The second kappa shape index (κ2) is 8.14. The van der Waals surface area contributed by atoms with Gasteiger partial charge in [-0.25, -0.2) is 9.59 Å². The first-order valence-corrected chi connectivity index (χ1v) is 9.73. The van der Waals surface area contributed by atoms with E-state index in [4.69, 9.17) is 9.47 Å². The van der Waals surface area contributed by atoms with E-state index in [9.17, 15) is 19.2 Å². The van der Waals surface area contributed by atoms with Crippen molar-refractivity contribution in [1.82, 2.24) is 0 Å². The highest BCUT2D eigenvalue weighted by molar-refractivity contribution is 6.58. The molecule has 0 N–H and O–H groups in total. The molecule has 162 valence electrons. The Balaban J connectivity index is 2.18. The zero-order valence-electron chi connectivity index (χ0n) is 17.5. The summed E-state index contributed by atoms with van der Waals surface area (Å²) >= 11 is 0. The van der Waals surface area contributed by atoms with Crippen molar-refractivity contribution in [2.45, 2.75) is 13.3 Å². The average molecular weight is 434 g/mol. The van der Waals surface area contributed by atoms with E-state index in [0.717, 1.165) is 19.8 Å². The predicted octanol–water partition coefficient (Wildman–Crippen LogP) is 0.198. The molecule has 2 aliphatic rings. The third-order valence-electron chi connectivity index (χ3n) is 5.27. The first-order valence-electron chi connectivity index (χ1n) is 9.73.